The number of benzene rings is 1. The molecule has 2 N–H and O–H groups in total. The lowest BCUT2D eigenvalue weighted by Gasteiger charge is -2.24. The Morgan fingerprint density at radius 3 is 2.15 bits per heavy atom. The van der Waals surface area contributed by atoms with E-state index in [-0.39, 0.29) is 35.9 Å². The number of amides is 2. The second-order valence-electron chi connectivity index (χ2n) is 7.36. The van der Waals surface area contributed by atoms with Crippen molar-refractivity contribution < 1.29 is 14.5 Å². The van der Waals surface area contributed by atoms with Crippen molar-refractivity contribution in [2.75, 3.05) is 25.0 Å². The summed E-state index contributed by atoms with van der Waals surface area (Å²) >= 11 is 0. The molecular weight excluding hydrogens is 336 g/mol. The highest BCUT2D eigenvalue weighted by molar-refractivity contribution is 5.95. The highest BCUT2D eigenvalue weighted by Gasteiger charge is 2.20. The van der Waals surface area contributed by atoms with Gasteiger partial charge in [0.05, 0.1) is 18.0 Å². The van der Waals surface area contributed by atoms with Gasteiger partial charge in [0.1, 0.15) is 5.69 Å². The lowest BCUT2D eigenvalue weighted by molar-refractivity contribution is -0.384. The van der Waals surface area contributed by atoms with Gasteiger partial charge in [-0.25, -0.2) is 0 Å². The van der Waals surface area contributed by atoms with Crippen LogP contribution in [0.25, 0.3) is 0 Å². The van der Waals surface area contributed by atoms with Crippen molar-refractivity contribution in [3.05, 3.63) is 33.4 Å². The largest absolute Gasteiger partial charge is 0.350 e. The zero-order valence-corrected chi connectivity index (χ0v) is 16.3. The first-order chi connectivity index (χ1) is 11.9. The van der Waals surface area contributed by atoms with Crippen LogP contribution in [0.4, 0.5) is 11.4 Å². The van der Waals surface area contributed by atoms with E-state index in [2.05, 4.69) is 10.6 Å². The van der Waals surface area contributed by atoms with Crippen molar-refractivity contribution in [1.82, 2.24) is 10.2 Å². The maximum absolute atomic E-state index is 12.3. The zero-order valence-electron chi connectivity index (χ0n) is 16.3. The van der Waals surface area contributed by atoms with Crippen LogP contribution in [0.3, 0.4) is 0 Å². The van der Waals surface area contributed by atoms with Crippen LogP contribution in [0.1, 0.15) is 38.8 Å². The minimum absolute atomic E-state index is 0.0296. The molecule has 0 aliphatic heterocycles. The fraction of sp³-hybridized carbons (Fsp3) is 0.556. The fourth-order valence-electron chi connectivity index (χ4n) is 2.39. The number of hydrogen-bond donors (Lipinski definition) is 2. The summed E-state index contributed by atoms with van der Waals surface area (Å²) in [5, 5.41) is 16.6. The Morgan fingerprint density at radius 1 is 1.12 bits per heavy atom. The van der Waals surface area contributed by atoms with Crippen molar-refractivity contribution in [1.29, 1.82) is 0 Å². The Bertz CT molecular complexity index is 695. The molecule has 0 saturated carbocycles. The first-order valence-corrected chi connectivity index (χ1v) is 8.51. The lowest BCUT2D eigenvalue weighted by atomic mass is 10.1. The van der Waals surface area contributed by atoms with Gasteiger partial charge in [-0.05, 0) is 58.4 Å². The number of aryl methyl sites for hydroxylation is 2. The van der Waals surface area contributed by atoms with E-state index in [1.54, 1.807) is 17.9 Å². The van der Waals surface area contributed by atoms with Crippen LogP contribution in [-0.4, -0.2) is 46.8 Å². The third-order valence-corrected chi connectivity index (χ3v) is 3.78. The van der Waals surface area contributed by atoms with Crippen LogP contribution in [0.5, 0.6) is 0 Å². The summed E-state index contributed by atoms with van der Waals surface area (Å²) in [7, 11) is 0. The maximum atomic E-state index is 12.3. The Kier molecular flexibility index (Phi) is 7.26. The SMILES string of the molecule is CCN(CC(=O)Nc1cc(C)c(C)cc1[N+](=O)[O-])CC(=O)NC(C)(C)C. The molecule has 0 unspecified atom stereocenters. The molecule has 0 aliphatic rings. The molecule has 2 amide bonds. The summed E-state index contributed by atoms with van der Waals surface area (Å²) in [6.07, 6.45) is 0. The van der Waals surface area contributed by atoms with E-state index in [4.69, 9.17) is 0 Å². The van der Waals surface area contributed by atoms with Crippen LogP contribution in [-0.2, 0) is 9.59 Å². The van der Waals surface area contributed by atoms with Gasteiger partial charge in [-0.15, -0.1) is 0 Å². The van der Waals surface area contributed by atoms with E-state index in [0.29, 0.717) is 6.54 Å². The van der Waals surface area contributed by atoms with Gasteiger partial charge in [0.2, 0.25) is 11.8 Å². The number of nitrogens with zero attached hydrogens (tertiary/aromatic N) is 2. The molecule has 1 rings (SSSR count). The van der Waals surface area contributed by atoms with Crippen LogP contribution >= 0.6 is 0 Å². The highest BCUT2D eigenvalue weighted by atomic mass is 16.6. The minimum atomic E-state index is -0.517. The van der Waals surface area contributed by atoms with Crippen LogP contribution in [0.2, 0.25) is 0 Å². The Hall–Kier alpha value is -2.48. The van der Waals surface area contributed by atoms with Gasteiger partial charge in [0.15, 0.2) is 0 Å². The standard InChI is InChI=1S/C18H28N4O4/c1-7-21(11-17(24)20-18(4,5)6)10-16(23)19-14-8-12(2)13(3)9-15(14)22(25)26/h8-9H,7,10-11H2,1-6H3,(H,19,23)(H,20,24). The fourth-order valence-corrected chi connectivity index (χ4v) is 2.39. The summed E-state index contributed by atoms with van der Waals surface area (Å²) in [4.78, 5) is 36.7. The van der Waals surface area contributed by atoms with Crippen molar-refractivity contribution in [3.8, 4) is 0 Å². The topological polar surface area (TPSA) is 105 Å². The van der Waals surface area contributed by atoms with E-state index in [1.165, 1.54) is 6.07 Å². The third kappa shape index (κ3) is 6.79. The predicted octanol–water partition coefficient (Wildman–Crippen LogP) is 2.39. The number of hydrogen-bond acceptors (Lipinski definition) is 5. The number of nitro groups is 1. The van der Waals surface area contributed by atoms with Gasteiger partial charge in [-0.1, -0.05) is 6.92 Å². The summed E-state index contributed by atoms with van der Waals surface area (Å²) in [5.41, 5.74) is 1.30. The second-order valence-corrected chi connectivity index (χ2v) is 7.36. The van der Waals surface area contributed by atoms with Crippen molar-refractivity contribution >= 4 is 23.2 Å². The van der Waals surface area contributed by atoms with Crippen LogP contribution in [0.15, 0.2) is 12.1 Å². The number of anilines is 1. The monoisotopic (exact) mass is 364 g/mol. The average molecular weight is 364 g/mol. The molecule has 1 aromatic rings. The first kappa shape index (κ1) is 21.6. The van der Waals surface area contributed by atoms with E-state index in [1.807, 2.05) is 34.6 Å². The molecule has 0 spiro atoms. The molecule has 144 valence electrons. The smallest absolute Gasteiger partial charge is 0.293 e. The number of nitrogens with one attached hydrogen (secondary N) is 2. The molecule has 0 aromatic heterocycles. The normalized spacial score (nSPS) is 11.3. The van der Waals surface area contributed by atoms with Gasteiger partial charge in [0, 0.05) is 11.6 Å². The van der Waals surface area contributed by atoms with Gasteiger partial charge < -0.3 is 10.6 Å². The number of likely N-dealkylation sites (N-methyl/N-ethyl adjacent to an activating group) is 1. The number of carbonyl (C=O) groups is 2. The van der Waals surface area contributed by atoms with Gasteiger partial charge in [-0.2, -0.15) is 0 Å². The highest BCUT2D eigenvalue weighted by Crippen LogP contribution is 2.27. The van der Waals surface area contributed by atoms with Crippen molar-refractivity contribution in [2.24, 2.45) is 0 Å². The van der Waals surface area contributed by atoms with Crippen molar-refractivity contribution in [2.45, 2.75) is 47.1 Å². The molecule has 0 heterocycles. The molecule has 8 heteroatoms. The van der Waals surface area contributed by atoms with Crippen LogP contribution < -0.4 is 10.6 Å². The Balaban J connectivity index is 2.80. The van der Waals surface area contributed by atoms with Crippen molar-refractivity contribution in [3.63, 3.8) is 0 Å². The van der Waals surface area contributed by atoms with E-state index < -0.39 is 10.8 Å². The average Bonchev–Trinajstić information content (AvgIpc) is 2.47. The van der Waals surface area contributed by atoms with Crippen LogP contribution in [0, 0.1) is 24.0 Å². The molecular formula is C18H28N4O4. The summed E-state index contributed by atoms with van der Waals surface area (Å²) in [5.74, 6) is -0.578. The van der Waals surface area contributed by atoms with E-state index in [0.717, 1.165) is 11.1 Å². The molecule has 0 radical (unpaired) electrons. The number of nitro benzene ring substituents is 1. The van der Waals surface area contributed by atoms with E-state index in [9.17, 15) is 19.7 Å². The molecule has 26 heavy (non-hydrogen) atoms. The second kappa shape index (κ2) is 8.75. The third-order valence-electron chi connectivity index (χ3n) is 3.78. The summed E-state index contributed by atoms with van der Waals surface area (Å²) in [6, 6.07) is 3.03. The van der Waals surface area contributed by atoms with Gasteiger partial charge in [0.25, 0.3) is 5.69 Å². The molecule has 1 aromatic carbocycles. The van der Waals surface area contributed by atoms with E-state index >= 15 is 0 Å². The predicted molar refractivity (Wildman–Crippen MR) is 101 cm³/mol. The van der Waals surface area contributed by atoms with Gasteiger partial charge in [-0.3, -0.25) is 24.6 Å². The summed E-state index contributed by atoms with van der Waals surface area (Å²) in [6.45, 7) is 11.6. The first-order valence-electron chi connectivity index (χ1n) is 8.51. The Morgan fingerprint density at radius 2 is 1.65 bits per heavy atom. The minimum Gasteiger partial charge on any atom is -0.350 e. The lowest BCUT2D eigenvalue weighted by Crippen LogP contribution is -2.47. The number of carbonyl (C=O) groups excluding carboxylic acids is 2. The molecule has 0 aliphatic carbocycles. The molecule has 0 saturated heterocycles. The molecule has 8 nitrogen and oxygen atoms in total. The number of rotatable bonds is 7. The maximum Gasteiger partial charge on any atom is 0.293 e. The molecule has 0 bridgehead atoms. The zero-order chi connectivity index (χ0) is 20.1. The van der Waals surface area contributed by atoms with Gasteiger partial charge >= 0.3 is 0 Å². The summed E-state index contributed by atoms with van der Waals surface area (Å²) < 4.78 is 0. The Labute approximate surface area is 154 Å². The molecule has 0 fully saturated rings. The quantitative estimate of drug-likeness (QED) is 0.571. The molecule has 0 atom stereocenters.